The molecule has 2 N–H and O–H groups in total. The lowest BCUT2D eigenvalue weighted by Gasteiger charge is -2.24. The van der Waals surface area contributed by atoms with Gasteiger partial charge in [0.05, 0.1) is 12.2 Å². The van der Waals surface area contributed by atoms with Crippen molar-refractivity contribution in [2.75, 3.05) is 12.3 Å². The lowest BCUT2D eigenvalue weighted by Crippen LogP contribution is -2.16. The molecule has 0 heterocycles. The molecule has 0 aromatic heterocycles. The molecule has 2 rings (SSSR count). The molecule has 1 fully saturated rings. The van der Waals surface area contributed by atoms with Gasteiger partial charge in [-0.2, -0.15) is 0 Å². The number of aryl methyl sites for hydroxylation is 1. The number of carbonyl (C=O) groups is 1. The Labute approximate surface area is 102 Å². The lowest BCUT2D eigenvalue weighted by molar-refractivity contribution is 0.0465. The smallest absolute Gasteiger partial charge is 0.340 e. The Morgan fingerprint density at radius 2 is 2.24 bits per heavy atom. The van der Waals surface area contributed by atoms with E-state index in [1.54, 1.807) is 12.1 Å². The van der Waals surface area contributed by atoms with E-state index in [0.29, 0.717) is 17.9 Å². The minimum absolute atomic E-state index is 0.300. The average molecular weight is 233 g/mol. The molecule has 1 aliphatic carbocycles. The van der Waals surface area contributed by atoms with Crippen molar-refractivity contribution >= 4 is 11.7 Å². The molecule has 17 heavy (non-hydrogen) atoms. The Hall–Kier alpha value is -1.51. The second-order valence-corrected chi connectivity index (χ2v) is 4.81. The van der Waals surface area contributed by atoms with Crippen LogP contribution in [0.5, 0.6) is 0 Å². The van der Waals surface area contributed by atoms with Crippen LogP contribution in [0.1, 0.15) is 41.6 Å². The van der Waals surface area contributed by atoms with Gasteiger partial charge >= 0.3 is 5.97 Å². The van der Waals surface area contributed by atoms with E-state index < -0.39 is 0 Å². The summed E-state index contributed by atoms with van der Waals surface area (Å²) in [5.74, 6) is 0.461. The van der Waals surface area contributed by atoms with Crippen molar-refractivity contribution in [1.82, 2.24) is 0 Å². The zero-order valence-corrected chi connectivity index (χ0v) is 10.2. The van der Waals surface area contributed by atoms with E-state index in [9.17, 15) is 4.79 Å². The Morgan fingerprint density at radius 3 is 2.88 bits per heavy atom. The molecule has 0 unspecified atom stereocenters. The minimum atomic E-state index is -0.300. The first kappa shape index (κ1) is 12.0. The van der Waals surface area contributed by atoms with Crippen LogP contribution in [0.25, 0.3) is 0 Å². The predicted octanol–water partition coefficient (Wildman–Crippen LogP) is 2.92. The molecular weight excluding hydrogens is 214 g/mol. The number of rotatable bonds is 4. The number of carbonyl (C=O) groups excluding carboxylic acids is 1. The molecule has 0 aliphatic heterocycles. The first-order valence-electron chi connectivity index (χ1n) is 6.20. The van der Waals surface area contributed by atoms with E-state index in [0.717, 1.165) is 17.9 Å². The summed E-state index contributed by atoms with van der Waals surface area (Å²) >= 11 is 0. The summed E-state index contributed by atoms with van der Waals surface area (Å²) in [5.41, 5.74) is 7.75. The zero-order valence-electron chi connectivity index (χ0n) is 10.2. The van der Waals surface area contributed by atoms with Crippen LogP contribution in [0.3, 0.4) is 0 Å². The molecule has 0 bridgehead atoms. The Balaban J connectivity index is 1.87. The first-order chi connectivity index (χ1) is 8.16. The summed E-state index contributed by atoms with van der Waals surface area (Å²) < 4.78 is 5.25. The minimum Gasteiger partial charge on any atom is -0.462 e. The van der Waals surface area contributed by atoms with Crippen LogP contribution in [-0.2, 0) is 4.74 Å². The van der Waals surface area contributed by atoms with Crippen LogP contribution in [-0.4, -0.2) is 12.6 Å². The fourth-order valence-corrected chi connectivity index (χ4v) is 2.02. The second-order valence-electron chi connectivity index (χ2n) is 4.81. The Morgan fingerprint density at radius 1 is 1.47 bits per heavy atom. The van der Waals surface area contributed by atoms with E-state index in [4.69, 9.17) is 10.5 Å². The van der Waals surface area contributed by atoms with E-state index >= 15 is 0 Å². The topological polar surface area (TPSA) is 52.3 Å². The van der Waals surface area contributed by atoms with Gasteiger partial charge in [-0.05, 0) is 31.4 Å². The SMILES string of the molecule is Cc1ccc(N)c(C(=O)OCCC2CCC2)c1. The molecule has 0 spiro atoms. The molecule has 3 heteroatoms. The summed E-state index contributed by atoms with van der Waals surface area (Å²) in [5, 5.41) is 0. The maximum absolute atomic E-state index is 11.8. The highest BCUT2D eigenvalue weighted by molar-refractivity contribution is 5.95. The predicted molar refractivity (Wildman–Crippen MR) is 67.8 cm³/mol. The van der Waals surface area contributed by atoms with Crippen molar-refractivity contribution in [3.8, 4) is 0 Å². The van der Waals surface area contributed by atoms with Gasteiger partial charge in [-0.3, -0.25) is 0 Å². The molecule has 1 aromatic rings. The number of ether oxygens (including phenoxy) is 1. The third kappa shape index (κ3) is 2.99. The number of hydrogen-bond acceptors (Lipinski definition) is 3. The summed E-state index contributed by atoms with van der Waals surface area (Å²) in [6.45, 7) is 2.45. The van der Waals surface area contributed by atoms with E-state index in [1.165, 1.54) is 19.3 Å². The number of benzene rings is 1. The zero-order chi connectivity index (χ0) is 12.3. The van der Waals surface area contributed by atoms with Gasteiger partial charge in [-0.25, -0.2) is 4.79 Å². The maximum atomic E-state index is 11.8. The van der Waals surface area contributed by atoms with Crippen LogP contribution in [0.4, 0.5) is 5.69 Å². The highest BCUT2D eigenvalue weighted by Crippen LogP contribution is 2.29. The van der Waals surface area contributed by atoms with Crippen molar-refractivity contribution in [3.05, 3.63) is 29.3 Å². The van der Waals surface area contributed by atoms with Gasteiger partial charge in [0.25, 0.3) is 0 Å². The lowest BCUT2D eigenvalue weighted by atomic mass is 9.83. The van der Waals surface area contributed by atoms with E-state index in [1.807, 2.05) is 13.0 Å². The fourth-order valence-electron chi connectivity index (χ4n) is 2.02. The molecular formula is C14H19NO2. The normalized spacial score (nSPS) is 15.4. The number of anilines is 1. The molecule has 0 radical (unpaired) electrons. The molecule has 0 atom stereocenters. The Bertz CT molecular complexity index is 411. The first-order valence-corrected chi connectivity index (χ1v) is 6.20. The molecule has 1 saturated carbocycles. The van der Waals surface area contributed by atoms with Gasteiger partial charge in [0.2, 0.25) is 0 Å². The molecule has 0 saturated heterocycles. The van der Waals surface area contributed by atoms with Crippen LogP contribution >= 0.6 is 0 Å². The number of nitrogens with two attached hydrogens (primary N) is 1. The standard InChI is InChI=1S/C14H19NO2/c1-10-5-6-13(15)12(9-10)14(16)17-8-7-11-3-2-4-11/h5-6,9,11H,2-4,7-8,15H2,1H3. The molecule has 92 valence electrons. The van der Waals surface area contributed by atoms with Gasteiger partial charge < -0.3 is 10.5 Å². The quantitative estimate of drug-likeness (QED) is 0.642. The van der Waals surface area contributed by atoms with Crippen molar-refractivity contribution in [1.29, 1.82) is 0 Å². The Kier molecular flexibility index (Phi) is 3.67. The van der Waals surface area contributed by atoms with Crippen LogP contribution in [0, 0.1) is 12.8 Å². The second kappa shape index (κ2) is 5.21. The third-order valence-corrected chi connectivity index (χ3v) is 3.41. The molecule has 1 aromatic carbocycles. The molecule has 3 nitrogen and oxygen atoms in total. The monoisotopic (exact) mass is 233 g/mol. The fraction of sp³-hybridized carbons (Fsp3) is 0.500. The highest BCUT2D eigenvalue weighted by atomic mass is 16.5. The van der Waals surface area contributed by atoms with Crippen molar-refractivity contribution in [3.63, 3.8) is 0 Å². The summed E-state index contributed by atoms with van der Waals surface area (Å²) in [6, 6.07) is 5.42. The summed E-state index contributed by atoms with van der Waals surface area (Å²) in [7, 11) is 0. The van der Waals surface area contributed by atoms with Crippen LogP contribution in [0.2, 0.25) is 0 Å². The van der Waals surface area contributed by atoms with Gasteiger partial charge in [-0.1, -0.05) is 30.9 Å². The van der Waals surface area contributed by atoms with Crippen LogP contribution < -0.4 is 5.73 Å². The maximum Gasteiger partial charge on any atom is 0.340 e. The third-order valence-electron chi connectivity index (χ3n) is 3.41. The average Bonchev–Trinajstić information content (AvgIpc) is 2.25. The molecule has 0 amide bonds. The van der Waals surface area contributed by atoms with Crippen LogP contribution in [0.15, 0.2) is 18.2 Å². The number of nitrogen functional groups attached to an aromatic ring is 1. The molecule has 1 aliphatic rings. The van der Waals surface area contributed by atoms with Gasteiger partial charge in [0.15, 0.2) is 0 Å². The largest absolute Gasteiger partial charge is 0.462 e. The van der Waals surface area contributed by atoms with Crippen molar-refractivity contribution < 1.29 is 9.53 Å². The number of esters is 1. The van der Waals surface area contributed by atoms with Gasteiger partial charge in [0.1, 0.15) is 0 Å². The van der Waals surface area contributed by atoms with E-state index in [2.05, 4.69) is 0 Å². The summed E-state index contributed by atoms with van der Waals surface area (Å²) in [4.78, 5) is 11.8. The van der Waals surface area contributed by atoms with E-state index in [-0.39, 0.29) is 5.97 Å². The van der Waals surface area contributed by atoms with Crippen molar-refractivity contribution in [2.24, 2.45) is 5.92 Å². The summed E-state index contributed by atoms with van der Waals surface area (Å²) in [6.07, 6.45) is 4.87. The number of hydrogen-bond donors (Lipinski definition) is 1. The highest BCUT2D eigenvalue weighted by Gasteiger charge is 2.18. The van der Waals surface area contributed by atoms with Gasteiger partial charge in [0, 0.05) is 5.69 Å². The van der Waals surface area contributed by atoms with Crippen molar-refractivity contribution in [2.45, 2.75) is 32.6 Å². The van der Waals surface area contributed by atoms with Gasteiger partial charge in [-0.15, -0.1) is 0 Å².